The Morgan fingerprint density at radius 1 is 1.19 bits per heavy atom. The van der Waals surface area contributed by atoms with E-state index in [1.807, 2.05) is 0 Å². The van der Waals surface area contributed by atoms with Crippen LogP contribution in [0, 0.1) is 12.7 Å². The lowest BCUT2D eigenvalue weighted by atomic mass is 10.2. The standard InChI is InChI=1S/C19H23FN2O4S/c1-13(2)21-27(24,25)17-9-10-18(14(3)11-17)26-12-19(23)22(4)16-7-5-15(20)6-8-16/h5-11,13,21H,12H2,1-4H3. The highest BCUT2D eigenvalue weighted by molar-refractivity contribution is 7.89. The number of benzene rings is 2. The van der Waals surface area contributed by atoms with Crippen LogP contribution in [-0.4, -0.2) is 34.0 Å². The van der Waals surface area contributed by atoms with Crippen LogP contribution in [0.1, 0.15) is 19.4 Å². The summed E-state index contributed by atoms with van der Waals surface area (Å²) in [5.74, 6) is -0.285. The van der Waals surface area contributed by atoms with Gasteiger partial charge in [0, 0.05) is 18.8 Å². The molecular weight excluding hydrogens is 371 g/mol. The van der Waals surface area contributed by atoms with E-state index in [1.54, 1.807) is 27.8 Å². The van der Waals surface area contributed by atoms with Crippen LogP contribution < -0.4 is 14.4 Å². The highest BCUT2D eigenvalue weighted by Gasteiger charge is 2.17. The van der Waals surface area contributed by atoms with Crippen molar-refractivity contribution in [3.8, 4) is 5.75 Å². The fourth-order valence-corrected chi connectivity index (χ4v) is 3.71. The van der Waals surface area contributed by atoms with Crippen LogP contribution in [0.4, 0.5) is 10.1 Å². The van der Waals surface area contributed by atoms with Crippen molar-refractivity contribution in [3.63, 3.8) is 0 Å². The first-order valence-corrected chi connectivity index (χ1v) is 9.86. The van der Waals surface area contributed by atoms with E-state index in [1.165, 1.54) is 47.4 Å². The molecule has 2 aromatic carbocycles. The maximum Gasteiger partial charge on any atom is 0.264 e. The Hall–Kier alpha value is -2.45. The molecule has 0 aliphatic rings. The Morgan fingerprint density at radius 2 is 1.81 bits per heavy atom. The van der Waals surface area contributed by atoms with E-state index >= 15 is 0 Å². The van der Waals surface area contributed by atoms with Crippen LogP contribution >= 0.6 is 0 Å². The molecule has 2 rings (SSSR count). The second kappa shape index (κ2) is 8.49. The predicted octanol–water partition coefficient (Wildman–Crippen LogP) is 2.86. The van der Waals surface area contributed by atoms with Crippen LogP contribution in [0.5, 0.6) is 5.75 Å². The number of aryl methyl sites for hydroxylation is 1. The molecule has 1 amide bonds. The zero-order chi connectivity index (χ0) is 20.2. The minimum atomic E-state index is -3.59. The van der Waals surface area contributed by atoms with E-state index in [9.17, 15) is 17.6 Å². The lowest BCUT2D eigenvalue weighted by Crippen LogP contribution is -2.31. The maximum atomic E-state index is 13.0. The average molecular weight is 394 g/mol. The second-order valence-electron chi connectivity index (χ2n) is 6.42. The normalized spacial score (nSPS) is 11.5. The van der Waals surface area contributed by atoms with Crippen LogP contribution in [0.2, 0.25) is 0 Å². The van der Waals surface area contributed by atoms with Gasteiger partial charge in [-0.1, -0.05) is 0 Å². The molecular formula is C19H23FN2O4S. The summed E-state index contributed by atoms with van der Waals surface area (Å²) in [4.78, 5) is 13.8. The number of sulfonamides is 1. The lowest BCUT2D eigenvalue weighted by molar-refractivity contribution is -0.120. The van der Waals surface area contributed by atoms with Crippen molar-refractivity contribution in [3.05, 3.63) is 53.8 Å². The molecule has 2 aromatic rings. The molecule has 0 atom stereocenters. The smallest absolute Gasteiger partial charge is 0.264 e. The molecule has 0 heterocycles. The van der Waals surface area contributed by atoms with Gasteiger partial charge in [-0.2, -0.15) is 0 Å². The number of nitrogens with zero attached hydrogens (tertiary/aromatic N) is 1. The Balaban J connectivity index is 2.05. The largest absolute Gasteiger partial charge is 0.483 e. The Morgan fingerprint density at radius 3 is 2.37 bits per heavy atom. The van der Waals surface area contributed by atoms with Crippen molar-refractivity contribution in [2.24, 2.45) is 0 Å². The minimum absolute atomic E-state index is 0.135. The van der Waals surface area contributed by atoms with Gasteiger partial charge in [-0.15, -0.1) is 0 Å². The number of likely N-dealkylation sites (N-methyl/N-ethyl adjacent to an activating group) is 1. The van der Waals surface area contributed by atoms with Gasteiger partial charge in [-0.25, -0.2) is 17.5 Å². The SMILES string of the molecule is Cc1cc(S(=O)(=O)NC(C)C)ccc1OCC(=O)N(C)c1ccc(F)cc1. The Bertz CT molecular complexity index is 912. The fraction of sp³-hybridized carbons (Fsp3) is 0.316. The Kier molecular flexibility index (Phi) is 6.56. The molecule has 0 aliphatic heterocycles. The van der Waals surface area contributed by atoms with Crippen LogP contribution in [0.15, 0.2) is 47.4 Å². The number of carbonyl (C=O) groups is 1. The lowest BCUT2D eigenvalue weighted by Gasteiger charge is -2.18. The molecule has 0 aromatic heterocycles. The number of ether oxygens (including phenoxy) is 1. The molecule has 27 heavy (non-hydrogen) atoms. The van der Waals surface area contributed by atoms with Gasteiger partial charge >= 0.3 is 0 Å². The van der Waals surface area contributed by atoms with Gasteiger partial charge in [0.2, 0.25) is 10.0 Å². The van der Waals surface area contributed by atoms with Crippen molar-refractivity contribution in [1.82, 2.24) is 4.72 Å². The van der Waals surface area contributed by atoms with Gasteiger partial charge in [0.25, 0.3) is 5.91 Å². The summed E-state index contributed by atoms with van der Waals surface area (Å²) in [6, 6.07) is 9.78. The van der Waals surface area contributed by atoms with Crippen molar-refractivity contribution in [2.45, 2.75) is 31.7 Å². The average Bonchev–Trinajstić information content (AvgIpc) is 2.59. The van der Waals surface area contributed by atoms with E-state index in [0.717, 1.165) is 0 Å². The van der Waals surface area contributed by atoms with Gasteiger partial charge < -0.3 is 9.64 Å². The van der Waals surface area contributed by atoms with E-state index in [-0.39, 0.29) is 29.3 Å². The number of rotatable bonds is 7. The number of amides is 1. The molecule has 0 saturated carbocycles. The van der Waals surface area contributed by atoms with Gasteiger partial charge in [0.15, 0.2) is 6.61 Å². The van der Waals surface area contributed by atoms with Crippen molar-refractivity contribution in [1.29, 1.82) is 0 Å². The third-order valence-corrected chi connectivity index (χ3v) is 5.44. The first-order chi connectivity index (χ1) is 12.6. The van der Waals surface area contributed by atoms with Gasteiger partial charge in [-0.05, 0) is 68.8 Å². The molecule has 0 aliphatic carbocycles. The minimum Gasteiger partial charge on any atom is -0.483 e. The zero-order valence-corrected chi connectivity index (χ0v) is 16.5. The molecule has 0 spiro atoms. The van der Waals surface area contributed by atoms with Gasteiger partial charge in [0.05, 0.1) is 4.90 Å². The number of hydrogen-bond donors (Lipinski definition) is 1. The van der Waals surface area contributed by atoms with Crippen LogP contribution in [0.3, 0.4) is 0 Å². The number of carbonyl (C=O) groups excluding carboxylic acids is 1. The molecule has 0 bridgehead atoms. The molecule has 0 fully saturated rings. The molecule has 0 saturated heterocycles. The summed E-state index contributed by atoms with van der Waals surface area (Å²) < 4.78 is 45.4. The molecule has 8 heteroatoms. The second-order valence-corrected chi connectivity index (χ2v) is 8.14. The Labute approximate surface area is 159 Å². The summed E-state index contributed by atoms with van der Waals surface area (Å²) in [6.07, 6.45) is 0. The summed E-state index contributed by atoms with van der Waals surface area (Å²) in [6.45, 7) is 4.96. The van der Waals surface area contributed by atoms with Crippen LogP contribution in [0.25, 0.3) is 0 Å². The zero-order valence-electron chi connectivity index (χ0n) is 15.7. The van der Waals surface area contributed by atoms with E-state index in [4.69, 9.17) is 4.74 Å². The third kappa shape index (κ3) is 5.51. The molecule has 6 nitrogen and oxygen atoms in total. The van der Waals surface area contributed by atoms with E-state index < -0.39 is 10.0 Å². The summed E-state index contributed by atoms with van der Waals surface area (Å²) in [5, 5.41) is 0. The first kappa shape index (κ1) is 20.9. The quantitative estimate of drug-likeness (QED) is 0.784. The summed E-state index contributed by atoms with van der Waals surface area (Å²) in [7, 11) is -2.03. The van der Waals surface area contributed by atoms with Crippen LogP contribution in [-0.2, 0) is 14.8 Å². The highest BCUT2D eigenvalue weighted by Crippen LogP contribution is 2.22. The topological polar surface area (TPSA) is 75.7 Å². The number of hydrogen-bond acceptors (Lipinski definition) is 4. The van der Waals surface area contributed by atoms with Gasteiger partial charge in [-0.3, -0.25) is 4.79 Å². The van der Waals surface area contributed by atoms with Crippen molar-refractivity contribution >= 4 is 21.6 Å². The molecule has 146 valence electrons. The highest BCUT2D eigenvalue weighted by atomic mass is 32.2. The summed E-state index contributed by atoms with van der Waals surface area (Å²) >= 11 is 0. The van der Waals surface area contributed by atoms with Crippen molar-refractivity contribution < 1.29 is 22.3 Å². The number of anilines is 1. The predicted molar refractivity (Wildman–Crippen MR) is 102 cm³/mol. The van der Waals surface area contributed by atoms with E-state index in [0.29, 0.717) is 17.0 Å². The molecule has 0 radical (unpaired) electrons. The molecule has 0 unspecified atom stereocenters. The van der Waals surface area contributed by atoms with Crippen molar-refractivity contribution in [2.75, 3.05) is 18.6 Å². The monoisotopic (exact) mass is 394 g/mol. The third-order valence-electron chi connectivity index (χ3n) is 3.79. The maximum absolute atomic E-state index is 13.0. The molecule has 1 N–H and O–H groups in total. The van der Waals surface area contributed by atoms with E-state index in [2.05, 4.69) is 4.72 Å². The number of nitrogens with one attached hydrogen (secondary N) is 1. The number of halogens is 1. The fourth-order valence-electron chi connectivity index (χ4n) is 2.37. The van der Waals surface area contributed by atoms with Gasteiger partial charge in [0.1, 0.15) is 11.6 Å². The first-order valence-electron chi connectivity index (χ1n) is 8.38. The summed E-state index contributed by atoms with van der Waals surface area (Å²) in [5.41, 5.74) is 1.14.